The number of hydrogen-bond acceptors (Lipinski definition) is 3. The number of carbonyl (C=O) groups is 1. The van der Waals surface area contributed by atoms with E-state index in [9.17, 15) is 4.79 Å². The van der Waals surface area contributed by atoms with Crippen molar-refractivity contribution in [3.63, 3.8) is 0 Å². The van der Waals surface area contributed by atoms with Crippen LogP contribution in [0.4, 0.5) is 0 Å². The third kappa shape index (κ3) is 4.74. The summed E-state index contributed by atoms with van der Waals surface area (Å²) in [6.07, 6.45) is 0.859. The lowest BCUT2D eigenvalue weighted by Gasteiger charge is -2.16. The van der Waals surface area contributed by atoms with Crippen LogP contribution in [0.1, 0.15) is 30.6 Å². The third-order valence-corrected chi connectivity index (χ3v) is 3.08. The Hall–Kier alpha value is -1.23. The predicted octanol–water partition coefficient (Wildman–Crippen LogP) is 3.00. The molecule has 0 heterocycles. The lowest BCUT2D eigenvalue weighted by Crippen LogP contribution is -2.34. The zero-order valence-electron chi connectivity index (χ0n) is 11.7. The maximum atomic E-state index is 12.2. The van der Waals surface area contributed by atoms with Crippen LogP contribution in [0.25, 0.3) is 0 Å². The second-order valence-corrected chi connectivity index (χ2v) is 6.02. The quantitative estimate of drug-likeness (QED) is 0.816. The molecular weight excluding hydrogens is 310 g/mol. The van der Waals surface area contributed by atoms with Gasteiger partial charge in [0.1, 0.15) is 11.5 Å². The summed E-state index contributed by atoms with van der Waals surface area (Å²) in [4.78, 5) is 12.6. The van der Waals surface area contributed by atoms with Crippen molar-refractivity contribution in [3.8, 4) is 11.5 Å². The van der Waals surface area contributed by atoms with Gasteiger partial charge >= 0.3 is 0 Å². The van der Waals surface area contributed by atoms with Gasteiger partial charge in [-0.25, -0.2) is 0 Å². The van der Waals surface area contributed by atoms with Gasteiger partial charge in [-0.05, 0) is 31.5 Å². The summed E-state index contributed by atoms with van der Waals surface area (Å²) in [5.41, 5.74) is 0.482. The van der Waals surface area contributed by atoms with Crippen molar-refractivity contribution in [2.75, 3.05) is 14.2 Å². The first-order valence-corrected chi connectivity index (χ1v) is 7.06. The van der Waals surface area contributed by atoms with Crippen molar-refractivity contribution >= 4 is 21.8 Å². The van der Waals surface area contributed by atoms with Crippen LogP contribution < -0.4 is 14.8 Å². The molecule has 0 radical (unpaired) electrons. The van der Waals surface area contributed by atoms with Crippen LogP contribution in [-0.2, 0) is 0 Å². The molecule has 0 aromatic heterocycles. The van der Waals surface area contributed by atoms with Crippen molar-refractivity contribution in [1.29, 1.82) is 0 Å². The van der Waals surface area contributed by atoms with Gasteiger partial charge in [0.2, 0.25) is 0 Å². The fourth-order valence-electron chi connectivity index (χ4n) is 1.84. The minimum Gasteiger partial charge on any atom is -0.497 e. The van der Waals surface area contributed by atoms with E-state index in [0.29, 0.717) is 21.9 Å². The van der Waals surface area contributed by atoms with Gasteiger partial charge in [0, 0.05) is 10.9 Å². The largest absolute Gasteiger partial charge is 0.497 e. The molecule has 1 N–H and O–H groups in total. The average molecular weight is 330 g/mol. The number of benzene rings is 1. The zero-order chi connectivity index (χ0) is 14.4. The van der Waals surface area contributed by atoms with Crippen LogP contribution in [0, 0.1) is 0 Å². The van der Waals surface area contributed by atoms with Gasteiger partial charge in [-0.3, -0.25) is 4.79 Å². The van der Waals surface area contributed by atoms with E-state index in [0.717, 1.165) is 6.42 Å². The number of ether oxygens (including phenoxy) is 2. The van der Waals surface area contributed by atoms with Gasteiger partial charge in [-0.2, -0.15) is 0 Å². The van der Waals surface area contributed by atoms with Gasteiger partial charge in [0.05, 0.1) is 19.8 Å². The van der Waals surface area contributed by atoms with Crippen LogP contribution in [0.2, 0.25) is 0 Å². The van der Waals surface area contributed by atoms with Crippen molar-refractivity contribution < 1.29 is 14.3 Å². The highest BCUT2D eigenvalue weighted by atomic mass is 79.9. The molecule has 0 spiro atoms. The molecule has 0 fully saturated rings. The van der Waals surface area contributed by atoms with E-state index in [4.69, 9.17) is 9.47 Å². The zero-order valence-corrected chi connectivity index (χ0v) is 13.3. The first-order valence-electron chi connectivity index (χ1n) is 6.14. The second-order valence-electron chi connectivity index (χ2n) is 4.46. The summed E-state index contributed by atoms with van der Waals surface area (Å²) in [5.74, 6) is 1.02. The van der Waals surface area contributed by atoms with E-state index in [-0.39, 0.29) is 11.9 Å². The Kier molecular flexibility index (Phi) is 6.15. The third-order valence-electron chi connectivity index (χ3n) is 2.71. The molecule has 1 rings (SSSR count). The summed E-state index contributed by atoms with van der Waals surface area (Å²) in [7, 11) is 3.11. The van der Waals surface area contributed by atoms with E-state index >= 15 is 0 Å². The molecular formula is C14H20BrNO3. The fourth-order valence-corrected chi connectivity index (χ4v) is 2.40. The molecule has 1 aromatic rings. The number of methoxy groups -OCH3 is 2. The summed E-state index contributed by atoms with van der Waals surface area (Å²) >= 11 is 3.48. The Balaban J connectivity index is 2.85. The number of amides is 1. The monoisotopic (exact) mass is 329 g/mol. The van der Waals surface area contributed by atoms with Crippen LogP contribution in [-0.4, -0.2) is 31.0 Å². The normalized spacial score (nSPS) is 13.5. The van der Waals surface area contributed by atoms with E-state index < -0.39 is 0 Å². The average Bonchev–Trinajstić information content (AvgIpc) is 2.36. The minimum absolute atomic E-state index is 0.0813. The molecule has 0 bridgehead atoms. The molecule has 0 aliphatic heterocycles. The summed E-state index contributed by atoms with van der Waals surface area (Å²) in [5, 5.41) is 2.95. The van der Waals surface area contributed by atoms with Crippen molar-refractivity contribution in [3.05, 3.63) is 23.8 Å². The lowest BCUT2D eigenvalue weighted by molar-refractivity contribution is 0.0935. The molecule has 1 aromatic carbocycles. The number of hydrogen-bond donors (Lipinski definition) is 1. The highest BCUT2D eigenvalue weighted by Crippen LogP contribution is 2.24. The molecule has 0 aliphatic carbocycles. The van der Waals surface area contributed by atoms with Gasteiger partial charge < -0.3 is 14.8 Å². The molecule has 19 heavy (non-hydrogen) atoms. The second kappa shape index (κ2) is 7.38. The minimum atomic E-state index is -0.156. The summed E-state index contributed by atoms with van der Waals surface area (Å²) in [6, 6.07) is 5.25. The molecule has 0 saturated carbocycles. The molecule has 2 atom stereocenters. The van der Waals surface area contributed by atoms with E-state index in [1.807, 2.05) is 6.92 Å². The summed E-state index contributed by atoms with van der Waals surface area (Å²) in [6.45, 7) is 4.02. The number of nitrogens with one attached hydrogen (secondary N) is 1. The van der Waals surface area contributed by atoms with E-state index in [1.165, 1.54) is 0 Å². The standard InChI is InChI=1S/C14H20BrNO3/c1-9(15)7-10(2)16-14(17)12-8-11(18-3)5-6-13(12)19-4/h5-6,8-10H,7H2,1-4H3,(H,16,17). The maximum Gasteiger partial charge on any atom is 0.255 e. The Morgan fingerprint density at radius 2 is 2.00 bits per heavy atom. The molecule has 4 nitrogen and oxygen atoms in total. The number of rotatable bonds is 6. The van der Waals surface area contributed by atoms with Crippen molar-refractivity contribution in [2.45, 2.75) is 31.1 Å². The molecule has 106 valence electrons. The highest BCUT2D eigenvalue weighted by molar-refractivity contribution is 9.09. The van der Waals surface area contributed by atoms with Crippen LogP contribution >= 0.6 is 15.9 Å². The Bertz CT molecular complexity index is 435. The smallest absolute Gasteiger partial charge is 0.255 e. The SMILES string of the molecule is COc1ccc(OC)c(C(=O)NC(C)CC(C)Br)c1. The van der Waals surface area contributed by atoms with E-state index in [2.05, 4.69) is 28.2 Å². The summed E-state index contributed by atoms with van der Waals surface area (Å²) < 4.78 is 10.3. The van der Waals surface area contributed by atoms with Gasteiger partial charge in [0.15, 0.2) is 0 Å². The number of halogens is 1. The fraction of sp³-hybridized carbons (Fsp3) is 0.500. The number of carbonyl (C=O) groups excluding carboxylic acids is 1. The Labute approximate surface area is 122 Å². The molecule has 0 saturated heterocycles. The first kappa shape index (κ1) is 15.8. The Morgan fingerprint density at radius 3 is 2.53 bits per heavy atom. The molecule has 2 unspecified atom stereocenters. The van der Waals surface area contributed by atoms with Crippen LogP contribution in [0.15, 0.2) is 18.2 Å². The van der Waals surface area contributed by atoms with Crippen LogP contribution in [0.5, 0.6) is 11.5 Å². The lowest BCUT2D eigenvalue weighted by atomic mass is 10.1. The van der Waals surface area contributed by atoms with Gasteiger partial charge in [-0.15, -0.1) is 0 Å². The van der Waals surface area contributed by atoms with E-state index in [1.54, 1.807) is 32.4 Å². The number of alkyl halides is 1. The van der Waals surface area contributed by atoms with Crippen molar-refractivity contribution in [1.82, 2.24) is 5.32 Å². The van der Waals surface area contributed by atoms with Gasteiger partial charge in [0.25, 0.3) is 5.91 Å². The molecule has 5 heteroatoms. The van der Waals surface area contributed by atoms with Crippen molar-refractivity contribution in [2.24, 2.45) is 0 Å². The van der Waals surface area contributed by atoms with Gasteiger partial charge in [-0.1, -0.05) is 22.9 Å². The predicted molar refractivity (Wildman–Crippen MR) is 79.5 cm³/mol. The maximum absolute atomic E-state index is 12.2. The Morgan fingerprint density at radius 1 is 1.32 bits per heavy atom. The molecule has 1 amide bonds. The van der Waals surface area contributed by atoms with Crippen LogP contribution in [0.3, 0.4) is 0 Å². The topological polar surface area (TPSA) is 47.6 Å². The molecule has 0 aliphatic rings. The highest BCUT2D eigenvalue weighted by Gasteiger charge is 2.16. The first-order chi connectivity index (χ1) is 8.97.